The summed E-state index contributed by atoms with van der Waals surface area (Å²) in [7, 11) is 0. The van der Waals surface area contributed by atoms with Gasteiger partial charge >= 0.3 is 0 Å². The van der Waals surface area contributed by atoms with E-state index in [2.05, 4.69) is 51.2 Å². The molecule has 0 fully saturated rings. The molecule has 1 heterocycles. The van der Waals surface area contributed by atoms with Gasteiger partial charge in [0.05, 0.1) is 5.54 Å². The molecule has 0 bridgehead atoms. The molecule has 0 unspecified atom stereocenters. The Hall–Kier alpha value is -0.960. The van der Waals surface area contributed by atoms with Gasteiger partial charge in [-0.2, -0.15) is 0 Å². The number of hydrogen-bond donors (Lipinski definition) is 1. The predicted molar refractivity (Wildman–Crippen MR) is 82.7 cm³/mol. The van der Waals surface area contributed by atoms with Crippen molar-refractivity contribution in [3.8, 4) is 0 Å². The molecule has 98 valence electrons. The molecule has 1 N–H and O–H groups in total. The average molecular weight is 262 g/mol. The molecule has 1 aliphatic heterocycles. The van der Waals surface area contributed by atoms with Gasteiger partial charge in [0.1, 0.15) is 0 Å². The second-order valence-electron chi connectivity index (χ2n) is 5.06. The number of aliphatic imine (C=N–C) groups is 1. The van der Waals surface area contributed by atoms with Crippen LogP contribution < -0.4 is 5.32 Å². The first-order valence-corrected chi connectivity index (χ1v) is 7.64. The molecule has 1 aromatic carbocycles. The van der Waals surface area contributed by atoms with Gasteiger partial charge in [0, 0.05) is 11.4 Å². The van der Waals surface area contributed by atoms with Crippen LogP contribution in [0.1, 0.15) is 37.8 Å². The molecular weight excluding hydrogens is 240 g/mol. The van der Waals surface area contributed by atoms with Gasteiger partial charge in [0.15, 0.2) is 5.17 Å². The number of benzene rings is 1. The molecule has 0 amide bonds. The number of thioether (sulfide) groups is 1. The summed E-state index contributed by atoms with van der Waals surface area (Å²) in [6.07, 6.45) is 2.24. The summed E-state index contributed by atoms with van der Waals surface area (Å²) in [5.74, 6) is 1.10. The van der Waals surface area contributed by atoms with Crippen LogP contribution in [0.15, 0.2) is 23.2 Å². The Kier molecular flexibility index (Phi) is 4.00. The van der Waals surface area contributed by atoms with Crippen LogP contribution >= 0.6 is 11.8 Å². The molecule has 2 rings (SSSR count). The van der Waals surface area contributed by atoms with E-state index in [0.29, 0.717) is 0 Å². The lowest BCUT2D eigenvalue weighted by molar-refractivity contribution is 0.456. The minimum atomic E-state index is 0.159. The summed E-state index contributed by atoms with van der Waals surface area (Å²) in [5, 5.41) is 4.52. The van der Waals surface area contributed by atoms with Crippen molar-refractivity contribution in [2.24, 2.45) is 4.99 Å². The molecule has 2 nitrogen and oxygen atoms in total. The lowest BCUT2D eigenvalue weighted by Crippen LogP contribution is -2.24. The zero-order chi connectivity index (χ0) is 13.2. The maximum Gasteiger partial charge on any atom is 0.161 e. The molecule has 3 heteroatoms. The third-order valence-electron chi connectivity index (χ3n) is 3.89. The molecule has 0 radical (unpaired) electrons. The SMILES string of the molecule is CCC1(CC)CSC(Nc2ccc(C)c(C)c2)=N1. The van der Waals surface area contributed by atoms with Gasteiger partial charge in [-0.15, -0.1) is 0 Å². The molecule has 18 heavy (non-hydrogen) atoms. The number of nitrogens with zero attached hydrogens (tertiary/aromatic N) is 1. The van der Waals surface area contributed by atoms with E-state index in [1.165, 1.54) is 11.1 Å². The van der Waals surface area contributed by atoms with E-state index in [9.17, 15) is 0 Å². The minimum absolute atomic E-state index is 0.159. The summed E-state index contributed by atoms with van der Waals surface area (Å²) in [6.45, 7) is 8.74. The second-order valence-corrected chi connectivity index (χ2v) is 6.03. The fourth-order valence-corrected chi connectivity index (χ4v) is 3.43. The van der Waals surface area contributed by atoms with Crippen LogP contribution in [0.5, 0.6) is 0 Å². The Bertz CT molecular complexity index is 462. The maximum absolute atomic E-state index is 4.87. The normalized spacial score (nSPS) is 17.7. The topological polar surface area (TPSA) is 24.4 Å². The molecule has 0 aliphatic carbocycles. The van der Waals surface area contributed by atoms with Crippen molar-refractivity contribution in [1.29, 1.82) is 0 Å². The number of rotatable bonds is 3. The smallest absolute Gasteiger partial charge is 0.161 e. The molecule has 0 aromatic heterocycles. The highest BCUT2D eigenvalue weighted by Gasteiger charge is 2.31. The average Bonchev–Trinajstić information content (AvgIpc) is 2.78. The Balaban J connectivity index is 2.13. The number of nitrogens with one attached hydrogen (secondary N) is 1. The zero-order valence-electron chi connectivity index (χ0n) is 11.7. The van der Waals surface area contributed by atoms with E-state index in [1.807, 2.05) is 11.8 Å². The lowest BCUT2D eigenvalue weighted by atomic mass is 9.97. The van der Waals surface area contributed by atoms with Crippen LogP contribution in [0.4, 0.5) is 5.69 Å². The van der Waals surface area contributed by atoms with E-state index >= 15 is 0 Å². The fraction of sp³-hybridized carbons (Fsp3) is 0.533. The van der Waals surface area contributed by atoms with Gasteiger partial charge in [-0.3, -0.25) is 4.99 Å². The van der Waals surface area contributed by atoms with E-state index < -0.39 is 0 Å². The third kappa shape index (κ3) is 2.72. The Labute approximate surface area is 114 Å². The Morgan fingerprint density at radius 3 is 2.50 bits per heavy atom. The van der Waals surface area contributed by atoms with Gasteiger partial charge in [-0.05, 0) is 49.9 Å². The number of anilines is 1. The highest BCUT2D eigenvalue weighted by Crippen LogP contribution is 2.33. The predicted octanol–water partition coefficient (Wildman–Crippen LogP) is 4.38. The summed E-state index contributed by atoms with van der Waals surface area (Å²) in [6, 6.07) is 6.48. The lowest BCUT2D eigenvalue weighted by Gasteiger charge is -2.20. The van der Waals surface area contributed by atoms with Gasteiger partial charge in [-0.1, -0.05) is 31.7 Å². The number of aryl methyl sites for hydroxylation is 2. The van der Waals surface area contributed by atoms with Crippen molar-refractivity contribution in [3.05, 3.63) is 29.3 Å². The molecule has 0 atom stereocenters. The first-order valence-electron chi connectivity index (χ1n) is 6.65. The summed E-state index contributed by atoms with van der Waals surface area (Å²) in [5.41, 5.74) is 3.96. The van der Waals surface area contributed by atoms with E-state index in [1.54, 1.807) is 0 Å². The molecule has 0 spiro atoms. The first kappa shape index (κ1) is 13.5. The van der Waals surface area contributed by atoms with Crippen LogP contribution in [-0.4, -0.2) is 16.5 Å². The second kappa shape index (κ2) is 5.35. The van der Waals surface area contributed by atoms with E-state index in [4.69, 9.17) is 4.99 Å². The van der Waals surface area contributed by atoms with Gasteiger partial charge in [0.25, 0.3) is 0 Å². The van der Waals surface area contributed by atoms with Gasteiger partial charge < -0.3 is 5.32 Å². The van der Waals surface area contributed by atoms with E-state index in [-0.39, 0.29) is 5.54 Å². The fourth-order valence-electron chi connectivity index (χ4n) is 2.10. The van der Waals surface area contributed by atoms with Crippen LogP contribution in [0.3, 0.4) is 0 Å². The van der Waals surface area contributed by atoms with Crippen LogP contribution in [0, 0.1) is 13.8 Å². The monoisotopic (exact) mass is 262 g/mol. The first-order chi connectivity index (χ1) is 8.58. The zero-order valence-corrected chi connectivity index (χ0v) is 12.5. The van der Waals surface area contributed by atoms with E-state index in [0.717, 1.165) is 29.4 Å². The van der Waals surface area contributed by atoms with Crippen LogP contribution in [0.2, 0.25) is 0 Å². The third-order valence-corrected chi connectivity index (χ3v) is 5.04. The molecule has 0 saturated heterocycles. The highest BCUT2D eigenvalue weighted by atomic mass is 32.2. The number of amidine groups is 1. The van der Waals surface area contributed by atoms with Crippen molar-refractivity contribution in [3.63, 3.8) is 0 Å². The van der Waals surface area contributed by atoms with Crippen molar-refractivity contribution in [2.45, 2.75) is 46.1 Å². The molecule has 1 aromatic rings. The quantitative estimate of drug-likeness (QED) is 0.874. The van der Waals surface area contributed by atoms with Gasteiger partial charge in [-0.25, -0.2) is 0 Å². The standard InChI is InChI=1S/C15H22N2S/c1-5-15(6-2)10-18-14(17-15)16-13-8-7-11(3)12(4)9-13/h7-9H,5-6,10H2,1-4H3,(H,16,17). The largest absolute Gasteiger partial charge is 0.335 e. The van der Waals surface area contributed by atoms with Crippen molar-refractivity contribution >= 4 is 22.6 Å². The molecule has 1 aliphatic rings. The van der Waals surface area contributed by atoms with Crippen molar-refractivity contribution < 1.29 is 0 Å². The number of hydrogen-bond acceptors (Lipinski definition) is 3. The van der Waals surface area contributed by atoms with Crippen LogP contribution in [0.25, 0.3) is 0 Å². The van der Waals surface area contributed by atoms with Crippen molar-refractivity contribution in [2.75, 3.05) is 11.1 Å². The van der Waals surface area contributed by atoms with Crippen molar-refractivity contribution in [1.82, 2.24) is 0 Å². The maximum atomic E-state index is 4.87. The highest BCUT2D eigenvalue weighted by molar-refractivity contribution is 8.14. The Morgan fingerprint density at radius 1 is 1.22 bits per heavy atom. The van der Waals surface area contributed by atoms with Crippen LogP contribution in [-0.2, 0) is 0 Å². The molecular formula is C15H22N2S. The Morgan fingerprint density at radius 2 is 1.94 bits per heavy atom. The molecule has 0 saturated carbocycles. The van der Waals surface area contributed by atoms with Gasteiger partial charge in [0.2, 0.25) is 0 Å². The summed E-state index contributed by atoms with van der Waals surface area (Å²) in [4.78, 5) is 4.87. The summed E-state index contributed by atoms with van der Waals surface area (Å²) >= 11 is 1.84. The summed E-state index contributed by atoms with van der Waals surface area (Å²) < 4.78 is 0. The minimum Gasteiger partial charge on any atom is -0.335 e.